The molecule has 7 heteroatoms. The van der Waals surface area contributed by atoms with Gasteiger partial charge in [-0.2, -0.15) is 0 Å². The summed E-state index contributed by atoms with van der Waals surface area (Å²) < 4.78 is 0. The molecule has 2 N–H and O–H groups in total. The maximum absolute atomic E-state index is 11.9. The van der Waals surface area contributed by atoms with E-state index in [0.717, 1.165) is 25.9 Å². The second-order valence-electron chi connectivity index (χ2n) is 5.07. The number of likely N-dealkylation sites (tertiary alicyclic amines) is 1. The van der Waals surface area contributed by atoms with Gasteiger partial charge in [-0.3, -0.25) is 9.59 Å². The SMILES string of the molecule is CCC(CNC(=O)N(C)CC(=O)N1CCCC1)C(=O)O. The molecule has 0 spiro atoms. The van der Waals surface area contributed by atoms with Crippen LogP contribution in [0.15, 0.2) is 0 Å². The molecule has 1 unspecified atom stereocenters. The lowest BCUT2D eigenvalue weighted by Gasteiger charge is -2.22. The number of aliphatic carboxylic acids is 1. The van der Waals surface area contributed by atoms with Crippen molar-refractivity contribution in [1.82, 2.24) is 15.1 Å². The lowest BCUT2D eigenvalue weighted by molar-refractivity contribution is -0.141. The van der Waals surface area contributed by atoms with Crippen molar-refractivity contribution in [3.05, 3.63) is 0 Å². The first kappa shape index (κ1) is 16.3. The van der Waals surface area contributed by atoms with Gasteiger partial charge < -0.3 is 20.2 Å². The minimum atomic E-state index is -0.927. The molecule has 3 amide bonds. The topological polar surface area (TPSA) is 90.0 Å². The largest absolute Gasteiger partial charge is 0.481 e. The Labute approximate surface area is 118 Å². The van der Waals surface area contributed by atoms with Crippen LogP contribution in [0, 0.1) is 5.92 Å². The number of carboxylic acid groups (broad SMARTS) is 1. The van der Waals surface area contributed by atoms with Gasteiger partial charge in [0.1, 0.15) is 6.54 Å². The Morgan fingerprint density at radius 2 is 1.90 bits per heavy atom. The maximum atomic E-state index is 11.9. The van der Waals surface area contributed by atoms with E-state index in [2.05, 4.69) is 5.32 Å². The van der Waals surface area contributed by atoms with Gasteiger partial charge in [0.05, 0.1) is 5.92 Å². The highest BCUT2D eigenvalue weighted by Gasteiger charge is 2.22. The van der Waals surface area contributed by atoms with E-state index in [9.17, 15) is 14.4 Å². The van der Waals surface area contributed by atoms with E-state index in [0.29, 0.717) is 6.42 Å². The summed E-state index contributed by atoms with van der Waals surface area (Å²) in [4.78, 5) is 37.5. The van der Waals surface area contributed by atoms with E-state index < -0.39 is 17.9 Å². The van der Waals surface area contributed by atoms with E-state index in [1.807, 2.05) is 0 Å². The van der Waals surface area contributed by atoms with Gasteiger partial charge in [-0.1, -0.05) is 6.92 Å². The molecule has 0 saturated carbocycles. The summed E-state index contributed by atoms with van der Waals surface area (Å²) in [5.74, 6) is -1.59. The molecule has 1 heterocycles. The molecule has 20 heavy (non-hydrogen) atoms. The first-order valence-electron chi connectivity index (χ1n) is 6.95. The van der Waals surface area contributed by atoms with E-state index in [-0.39, 0.29) is 19.0 Å². The Bertz CT molecular complexity index is 367. The van der Waals surface area contributed by atoms with E-state index >= 15 is 0 Å². The third kappa shape index (κ3) is 4.71. The van der Waals surface area contributed by atoms with Crippen molar-refractivity contribution < 1.29 is 19.5 Å². The van der Waals surface area contributed by atoms with E-state index in [1.165, 1.54) is 11.9 Å². The monoisotopic (exact) mass is 285 g/mol. The number of rotatable bonds is 6. The quantitative estimate of drug-likeness (QED) is 0.737. The maximum Gasteiger partial charge on any atom is 0.317 e. The van der Waals surface area contributed by atoms with Crippen LogP contribution in [0.3, 0.4) is 0 Å². The fourth-order valence-electron chi connectivity index (χ4n) is 2.09. The summed E-state index contributed by atoms with van der Waals surface area (Å²) in [7, 11) is 1.53. The molecule has 1 fully saturated rings. The van der Waals surface area contributed by atoms with Gasteiger partial charge in [0.15, 0.2) is 0 Å². The van der Waals surface area contributed by atoms with Gasteiger partial charge in [-0.05, 0) is 19.3 Å². The number of hydrogen-bond donors (Lipinski definition) is 2. The molecular weight excluding hydrogens is 262 g/mol. The summed E-state index contributed by atoms with van der Waals surface area (Å²) in [5, 5.41) is 11.4. The molecule has 0 bridgehead atoms. The van der Waals surface area contributed by atoms with Crippen LogP contribution in [-0.2, 0) is 9.59 Å². The van der Waals surface area contributed by atoms with Gasteiger partial charge in [-0.15, -0.1) is 0 Å². The summed E-state index contributed by atoms with van der Waals surface area (Å²) in [6, 6.07) is -0.419. The number of nitrogens with one attached hydrogen (secondary N) is 1. The second kappa shape index (κ2) is 7.72. The molecule has 1 saturated heterocycles. The molecule has 0 aromatic rings. The Morgan fingerprint density at radius 1 is 1.30 bits per heavy atom. The van der Waals surface area contributed by atoms with Crippen molar-refractivity contribution in [3.8, 4) is 0 Å². The van der Waals surface area contributed by atoms with Gasteiger partial charge in [0, 0.05) is 26.7 Å². The van der Waals surface area contributed by atoms with Crippen LogP contribution in [0.1, 0.15) is 26.2 Å². The minimum Gasteiger partial charge on any atom is -0.481 e. The zero-order valence-corrected chi connectivity index (χ0v) is 12.1. The zero-order chi connectivity index (χ0) is 15.1. The van der Waals surface area contributed by atoms with Crippen LogP contribution in [0.25, 0.3) is 0 Å². The number of likely N-dealkylation sites (N-methyl/N-ethyl adjacent to an activating group) is 1. The van der Waals surface area contributed by atoms with Gasteiger partial charge in [0.2, 0.25) is 5.91 Å². The fourth-order valence-corrected chi connectivity index (χ4v) is 2.09. The van der Waals surface area contributed by atoms with Crippen molar-refractivity contribution in [2.24, 2.45) is 5.92 Å². The van der Waals surface area contributed by atoms with Crippen LogP contribution in [0.2, 0.25) is 0 Å². The molecule has 0 aliphatic carbocycles. The number of urea groups is 1. The lowest BCUT2D eigenvalue weighted by Crippen LogP contribution is -2.45. The van der Waals surface area contributed by atoms with Crippen molar-refractivity contribution in [1.29, 1.82) is 0 Å². The summed E-state index contributed by atoms with van der Waals surface area (Å²) in [5.41, 5.74) is 0. The van der Waals surface area contributed by atoms with Crippen molar-refractivity contribution in [2.45, 2.75) is 26.2 Å². The third-order valence-electron chi connectivity index (χ3n) is 3.52. The predicted octanol–water partition coefficient (Wildman–Crippen LogP) is 0.361. The molecule has 1 aliphatic rings. The third-order valence-corrected chi connectivity index (χ3v) is 3.52. The number of carboxylic acids is 1. The highest BCUT2D eigenvalue weighted by Crippen LogP contribution is 2.07. The molecular formula is C13H23N3O4. The molecule has 0 aromatic heterocycles. The van der Waals surface area contributed by atoms with Crippen LogP contribution in [0.5, 0.6) is 0 Å². The van der Waals surface area contributed by atoms with Crippen molar-refractivity contribution in [3.63, 3.8) is 0 Å². The lowest BCUT2D eigenvalue weighted by atomic mass is 10.1. The number of carbonyl (C=O) groups is 3. The Hall–Kier alpha value is -1.79. The predicted molar refractivity (Wildman–Crippen MR) is 73.3 cm³/mol. The highest BCUT2D eigenvalue weighted by molar-refractivity contribution is 5.84. The van der Waals surface area contributed by atoms with E-state index in [1.54, 1.807) is 11.8 Å². The van der Waals surface area contributed by atoms with E-state index in [4.69, 9.17) is 5.11 Å². The Morgan fingerprint density at radius 3 is 2.40 bits per heavy atom. The molecule has 114 valence electrons. The average molecular weight is 285 g/mol. The number of carbonyl (C=O) groups excluding carboxylic acids is 2. The fraction of sp³-hybridized carbons (Fsp3) is 0.769. The minimum absolute atomic E-state index is 0.0235. The van der Waals surface area contributed by atoms with Crippen LogP contribution >= 0.6 is 0 Å². The zero-order valence-electron chi connectivity index (χ0n) is 12.1. The molecule has 7 nitrogen and oxygen atoms in total. The summed E-state index contributed by atoms with van der Waals surface area (Å²) in [6.07, 6.45) is 2.48. The van der Waals surface area contributed by atoms with Gasteiger partial charge in [-0.25, -0.2) is 4.79 Å². The Balaban J connectivity index is 2.34. The first-order chi connectivity index (χ1) is 9.45. The summed E-state index contributed by atoms with van der Waals surface area (Å²) >= 11 is 0. The van der Waals surface area contributed by atoms with Crippen LogP contribution < -0.4 is 5.32 Å². The molecule has 1 atom stereocenters. The molecule has 0 radical (unpaired) electrons. The van der Waals surface area contributed by atoms with Gasteiger partial charge >= 0.3 is 12.0 Å². The molecule has 0 aromatic carbocycles. The Kier molecular flexibility index (Phi) is 6.27. The summed E-state index contributed by atoms with van der Waals surface area (Å²) in [6.45, 7) is 3.37. The average Bonchev–Trinajstić information content (AvgIpc) is 2.92. The van der Waals surface area contributed by atoms with Crippen LogP contribution in [-0.4, -0.2) is 66.0 Å². The van der Waals surface area contributed by atoms with Crippen molar-refractivity contribution in [2.75, 3.05) is 33.2 Å². The molecule has 1 aliphatic heterocycles. The number of nitrogens with zero attached hydrogens (tertiary/aromatic N) is 2. The first-order valence-corrected chi connectivity index (χ1v) is 6.95. The number of amides is 3. The van der Waals surface area contributed by atoms with Crippen molar-refractivity contribution >= 4 is 17.9 Å². The standard InChI is InChI=1S/C13H23N3O4/c1-3-10(12(18)19)8-14-13(20)15(2)9-11(17)16-6-4-5-7-16/h10H,3-9H2,1-2H3,(H,14,20)(H,18,19). The second-order valence-corrected chi connectivity index (χ2v) is 5.07. The highest BCUT2D eigenvalue weighted by atomic mass is 16.4. The normalized spacial score (nSPS) is 15.8. The smallest absolute Gasteiger partial charge is 0.317 e. The van der Waals surface area contributed by atoms with Gasteiger partial charge in [0.25, 0.3) is 0 Å². The molecule has 1 rings (SSSR count). The number of hydrogen-bond acceptors (Lipinski definition) is 3. The van der Waals surface area contributed by atoms with Crippen LogP contribution in [0.4, 0.5) is 4.79 Å².